The fraction of sp³-hybridized carbons (Fsp3) is 0.708. The Kier molecular flexibility index (Phi) is 9.88. The van der Waals surface area contributed by atoms with E-state index in [9.17, 15) is 43.8 Å². The number of hydrogen-bond donors (Lipinski definition) is 2. The van der Waals surface area contributed by atoms with Crippen LogP contribution in [-0.4, -0.2) is 115 Å². The quantitative estimate of drug-likeness (QED) is 0.215. The van der Waals surface area contributed by atoms with Crippen molar-refractivity contribution < 1.29 is 81.7 Å². The highest BCUT2D eigenvalue weighted by atomic mass is 16.7. The maximum atomic E-state index is 12.6. The number of carboxylic acids is 1. The van der Waals surface area contributed by atoms with Crippen molar-refractivity contribution in [2.75, 3.05) is 13.7 Å². The van der Waals surface area contributed by atoms with Crippen molar-refractivity contribution in [3.05, 3.63) is 0 Å². The van der Waals surface area contributed by atoms with Crippen LogP contribution in [0.3, 0.4) is 0 Å². The standard InChI is InChI=1S/C24H30O17/c1-7(25)35-6-11-16(36-8(2)26)19(37-9(3)27)20(38-10(4)28)24(39-11)41-17-13(21(30)31)12-14(22(32)34-5)18(15(17)29)40-23(12)33/h11-20,24,29H,6H2,1-5H3,(H,30,31)/t11-,12+,13-,14-,15-,16-,17+,18+,19+,20-,24+/m0/s1. The highest BCUT2D eigenvalue weighted by Gasteiger charge is 2.66. The van der Waals surface area contributed by atoms with E-state index in [2.05, 4.69) is 4.74 Å². The Hall–Kier alpha value is -3.83. The molecule has 3 aliphatic rings. The zero-order valence-corrected chi connectivity index (χ0v) is 22.6. The van der Waals surface area contributed by atoms with Crippen molar-refractivity contribution in [2.45, 2.75) is 76.7 Å². The van der Waals surface area contributed by atoms with Gasteiger partial charge in [-0.2, -0.15) is 0 Å². The van der Waals surface area contributed by atoms with Crippen molar-refractivity contribution in [3.8, 4) is 0 Å². The number of aliphatic hydroxyl groups excluding tert-OH is 1. The minimum absolute atomic E-state index is 0.593. The van der Waals surface area contributed by atoms with E-state index in [-0.39, 0.29) is 0 Å². The maximum absolute atomic E-state index is 12.6. The van der Waals surface area contributed by atoms with Crippen molar-refractivity contribution in [3.63, 3.8) is 0 Å². The Labute approximate surface area is 232 Å². The van der Waals surface area contributed by atoms with Gasteiger partial charge in [-0.3, -0.25) is 33.6 Å². The molecule has 0 aromatic rings. The van der Waals surface area contributed by atoms with E-state index >= 15 is 0 Å². The molecular weight excluding hydrogens is 560 g/mol. The number of esters is 6. The molecule has 0 spiro atoms. The lowest BCUT2D eigenvalue weighted by atomic mass is 9.69. The lowest BCUT2D eigenvalue weighted by Gasteiger charge is -2.46. The zero-order valence-electron chi connectivity index (χ0n) is 22.6. The van der Waals surface area contributed by atoms with E-state index in [4.69, 9.17) is 33.2 Å². The first-order chi connectivity index (χ1) is 19.2. The molecule has 1 aliphatic carbocycles. The summed E-state index contributed by atoms with van der Waals surface area (Å²) in [6.45, 7) is 3.49. The van der Waals surface area contributed by atoms with Gasteiger partial charge in [0.15, 0.2) is 24.6 Å². The van der Waals surface area contributed by atoms with E-state index in [1.165, 1.54) is 0 Å². The zero-order chi connectivity index (χ0) is 30.8. The molecule has 228 valence electrons. The normalized spacial score (nSPS) is 35.9. The predicted molar refractivity (Wildman–Crippen MR) is 123 cm³/mol. The number of aliphatic hydroxyl groups is 1. The van der Waals surface area contributed by atoms with Crippen molar-refractivity contribution in [1.82, 2.24) is 0 Å². The summed E-state index contributed by atoms with van der Waals surface area (Å²) in [6.07, 6.45) is -13.5. The summed E-state index contributed by atoms with van der Waals surface area (Å²) in [5.41, 5.74) is 0. The summed E-state index contributed by atoms with van der Waals surface area (Å²) in [5.74, 6) is -12.3. The molecule has 2 aliphatic heterocycles. The number of hydrogen-bond acceptors (Lipinski definition) is 16. The maximum Gasteiger partial charge on any atom is 0.313 e. The number of methoxy groups -OCH3 is 1. The molecule has 2 heterocycles. The van der Waals surface area contributed by atoms with Gasteiger partial charge in [0.05, 0.1) is 18.9 Å². The van der Waals surface area contributed by atoms with E-state index in [0.29, 0.717) is 0 Å². The molecule has 2 N–H and O–H groups in total. The van der Waals surface area contributed by atoms with Gasteiger partial charge in [0.25, 0.3) is 0 Å². The van der Waals surface area contributed by atoms with E-state index in [1.54, 1.807) is 0 Å². The third kappa shape index (κ3) is 6.74. The summed E-state index contributed by atoms with van der Waals surface area (Å²) in [4.78, 5) is 84.8. The topological polar surface area (TPSA) is 234 Å². The van der Waals surface area contributed by atoms with Gasteiger partial charge in [0.1, 0.15) is 36.9 Å². The fourth-order valence-electron chi connectivity index (χ4n) is 5.22. The molecular formula is C24H30O17. The van der Waals surface area contributed by atoms with Crippen LogP contribution in [0.4, 0.5) is 0 Å². The molecule has 17 nitrogen and oxygen atoms in total. The first kappa shape index (κ1) is 31.7. The van der Waals surface area contributed by atoms with Crippen molar-refractivity contribution in [1.29, 1.82) is 0 Å². The third-order valence-electron chi connectivity index (χ3n) is 6.68. The number of rotatable bonds is 9. The molecule has 0 unspecified atom stereocenters. The van der Waals surface area contributed by atoms with Gasteiger partial charge in [0.2, 0.25) is 0 Å². The van der Waals surface area contributed by atoms with E-state index in [0.717, 1.165) is 34.8 Å². The summed E-state index contributed by atoms with van der Waals surface area (Å²) in [7, 11) is 1.01. The summed E-state index contributed by atoms with van der Waals surface area (Å²) in [5, 5.41) is 21.1. The molecule has 11 atom stereocenters. The van der Waals surface area contributed by atoms with Gasteiger partial charge >= 0.3 is 41.8 Å². The SMILES string of the molecule is COC(=O)[C@@H]1[C@H]2OC(=O)[C@@H]1[C@H](C(=O)O)[C@@H](O[C@H]1O[C@@H](COC(C)=O)[C@H](OC(C)=O)[C@@H](OC(C)=O)[C@@H]1OC(C)=O)[C@@H]2O. The summed E-state index contributed by atoms with van der Waals surface area (Å²) < 4.78 is 42.2. The highest BCUT2D eigenvalue weighted by molar-refractivity contribution is 5.91. The molecule has 2 bridgehead atoms. The smallest absolute Gasteiger partial charge is 0.313 e. The number of carboxylic acid groups (broad SMARTS) is 1. The van der Waals surface area contributed by atoms with Gasteiger partial charge in [-0.25, -0.2) is 0 Å². The molecule has 41 heavy (non-hydrogen) atoms. The molecule has 2 saturated heterocycles. The lowest BCUT2D eigenvalue weighted by Crippen LogP contribution is -2.65. The second kappa shape index (κ2) is 12.8. The van der Waals surface area contributed by atoms with Gasteiger partial charge in [-0.1, -0.05) is 0 Å². The minimum atomic E-state index is -1.94. The molecule has 1 saturated carbocycles. The average Bonchev–Trinajstić information content (AvgIpc) is 3.15. The van der Waals surface area contributed by atoms with Gasteiger partial charge in [0, 0.05) is 27.7 Å². The number of aliphatic carboxylic acids is 1. The van der Waals surface area contributed by atoms with Crippen molar-refractivity contribution >= 4 is 41.8 Å². The van der Waals surface area contributed by atoms with Gasteiger partial charge < -0.3 is 48.1 Å². The molecule has 0 aromatic carbocycles. The Morgan fingerprint density at radius 2 is 1.37 bits per heavy atom. The van der Waals surface area contributed by atoms with Crippen LogP contribution in [0.25, 0.3) is 0 Å². The van der Waals surface area contributed by atoms with Crippen LogP contribution < -0.4 is 0 Å². The van der Waals surface area contributed by atoms with Crippen LogP contribution in [0.2, 0.25) is 0 Å². The molecule has 0 amide bonds. The molecule has 3 fully saturated rings. The number of fused-ring (bicyclic) bond motifs is 2. The van der Waals surface area contributed by atoms with Gasteiger partial charge in [-0.15, -0.1) is 0 Å². The first-order valence-electron chi connectivity index (χ1n) is 12.3. The van der Waals surface area contributed by atoms with E-state index in [1.807, 2.05) is 0 Å². The van der Waals surface area contributed by atoms with Gasteiger partial charge in [-0.05, 0) is 0 Å². The van der Waals surface area contributed by atoms with Crippen LogP contribution in [0, 0.1) is 17.8 Å². The Morgan fingerprint density at radius 1 is 0.805 bits per heavy atom. The van der Waals surface area contributed by atoms with Crippen LogP contribution in [0.5, 0.6) is 0 Å². The third-order valence-corrected chi connectivity index (χ3v) is 6.68. The Bertz CT molecular complexity index is 1090. The fourth-order valence-corrected chi connectivity index (χ4v) is 5.22. The lowest BCUT2D eigenvalue weighted by molar-refractivity contribution is -0.330. The second-order valence-corrected chi connectivity index (χ2v) is 9.50. The van der Waals surface area contributed by atoms with Crippen molar-refractivity contribution in [2.24, 2.45) is 17.8 Å². The predicted octanol–water partition coefficient (Wildman–Crippen LogP) is -2.14. The second-order valence-electron chi connectivity index (χ2n) is 9.50. The molecule has 3 rings (SSSR count). The number of ether oxygens (including phenoxy) is 8. The first-order valence-corrected chi connectivity index (χ1v) is 12.3. The van der Waals surface area contributed by atoms with Crippen LogP contribution in [0.15, 0.2) is 0 Å². The number of carbonyl (C=O) groups excluding carboxylic acids is 6. The minimum Gasteiger partial charge on any atom is -0.481 e. The van der Waals surface area contributed by atoms with Crippen LogP contribution in [-0.2, 0) is 71.5 Å². The molecule has 0 radical (unpaired) electrons. The average molecular weight is 590 g/mol. The molecule has 17 heteroatoms. The van der Waals surface area contributed by atoms with Crippen LogP contribution >= 0.6 is 0 Å². The number of carbonyl (C=O) groups is 7. The summed E-state index contributed by atoms with van der Waals surface area (Å²) >= 11 is 0. The largest absolute Gasteiger partial charge is 0.481 e. The van der Waals surface area contributed by atoms with E-state index < -0.39 is 115 Å². The monoisotopic (exact) mass is 590 g/mol. The Morgan fingerprint density at radius 3 is 1.88 bits per heavy atom. The highest BCUT2D eigenvalue weighted by Crippen LogP contribution is 2.46. The summed E-state index contributed by atoms with van der Waals surface area (Å²) in [6, 6.07) is 0. The molecule has 0 aromatic heterocycles. The van der Waals surface area contributed by atoms with Crippen LogP contribution in [0.1, 0.15) is 27.7 Å². The Balaban J connectivity index is 2.06.